The van der Waals surface area contributed by atoms with Crippen LogP contribution in [0.5, 0.6) is 11.5 Å². The lowest BCUT2D eigenvalue weighted by molar-refractivity contribution is 0.111. The molecule has 0 saturated heterocycles. The molecule has 0 aliphatic rings. The van der Waals surface area contributed by atoms with Crippen LogP contribution in [0.1, 0.15) is 48.4 Å². The minimum atomic E-state index is 0.145. The molecule has 0 aliphatic heterocycles. The molecule has 2 rings (SSSR count). The maximum atomic E-state index is 10.4. The molecule has 0 amide bonds. The zero-order valence-electron chi connectivity index (χ0n) is 14.6. The summed E-state index contributed by atoms with van der Waals surface area (Å²) in [5.74, 6) is 1.49. The highest BCUT2D eigenvalue weighted by Crippen LogP contribution is 2.14. The van der Waals surface area contributed by atoms with Crippen LogP contribution >= 0.6 is 0 Å². The fourth-order valence-electron chi connectivity index (χ4n) is 1.87. The molecular formula is C20H24O4. The van der Waals surface area contributed by atoms with Crippen molar-refractivity contribution in [3.63, 3.8) is 0 Å². The molecule has 128 valence electrons. The Labute approximate surface area is 143 Å². The van der Waals surface area contributed by atoms with Crippen LogP contribution in [0.4, 0.5) is 0 Å². The highest BCUT2D eigenvalue weighted by atomic mass is 16.5. The highest BCUT2D eigenvalue weighted by molar-refractivity contribution is 5.75. The molecule has 0 N–H and O–H groups in total. The SMILES string of the molecule is CC(C)Oc1cccc(C=O)c1.CC(C)Oc1cccc(C=O)c1. The summed E-state index contributed by atoms with van der Waals surface area (Å²) in [5, 5.41) is 0. The van der Waals surface area contributed by atoms with Crippen LogP contribution in [-0.4, -0.2) is 24.8 Å². The van der Waals surface area contributed by atoms with Crippen LogP contribution in [0.15, 0.2) is 48.5 Å². The maximum absolute atomic E-state index is 10.4. The topological polar surface area (TPSA) is 52.6 Å². The van der Waals surface area contributed by atoms with Crippen molar-refractivity contribution in [2.45, 2.75) is 39.9 Å². The molecule has 0 aliphatic carbocycles. The van der Waals surface area contributed by atoms with E-state index in [9.17, 15) is 9.59 Å². The quantitative estimate of drug-likeness (QED) is 0.729. The van der Waals surface area contributed by atoms with Gasteiger partial charge in [0.1, 0.15) is 24.1 Å². The lowest BCUT2D eigenvalue weighted by atomic mass is 10.2. The van der Waals surface area contributed by atoms with Gasteiger partial charge >= 0.3 is 0 Å². The monoisotopic (exact) mass is 328 g/mol. The van der Waals surface area contributed by atoms with Gasteiger partial charge in [-0.3, -0.25) is 9.59 Å². The number of hydrogen-bond acceptors (Lipinski definition) is 4. The first-order valence-electron chi connectivity index (χ1n) is 7.88. The first-order valence-corrected chi connectivity index (χ1v) is 7.88. The zero-order valence-corrected chi connectivity index (χ0v) is 14.6. The number of carbonyl (C=O) groups excluding carboxylic acids is 2. The van der Waals surface area contributed by atoms with E-state index in [1.807, 2.05) is 39.8 Å². The average Bonchev–Trinajstić information content (AvgIpc) is 2.54. The second kappa shape index (κ2) is 10.2. The van der Waals surface area contributed by atoms with Crippen LogP contribution in [0.3, 0.4) is 0 Å². The van der Waals surface area contributed by atoms with E-state index in [-0.39, 0.29) is 12.2 Å². The van der Waals surface area contributed by atoms with Crippen LogP contribution in [0.2, 0.25) is 0 Å². The summed E-state index contributed by atoms with van der Waals surface area (Å²) in [6, 6.07) is 14.3. The Hall–Kier alpha value is -2.62. The molecule has 0 heterocycles. The molecule has 0 radical (unpaired) electrons. The van der Waals surface area contributed by atoms with Gasteiger partial charge in [0.05, 0.1) is 12.2 Å². The summed E-state index contributed by atoms with van der Waals surface area (Å²) in [6.45, 7) is 7.81. The molecule has 0 aromatic heterocycles. The summed E-state index contributed by atoms with van der Waals surface area (Å²) >= 11 is 0. The number of carbonyl (C=O) groups is 2. The van der Waals surface area contributed by atoms with E-state index in [0.29, 0.717) is 11.1 Å². The lowest BCUT2D eigenvalue weighted by Gasteiger charge is -2.08. The molecule has 0 saturated carbocycles. The smallest absolute Gasteiger partial charge is 0.150 e. The van der Waals surface area contributed by atoms with Crippen molar-refractivity contribution in [1.29, 1.82) is 0 Å². The number of aldehydes is 2. The molecule has 24 heavy (non-hydrogen) atoms. The molecule has 0 unspecified atom stereocenters. The second-order valence-electron chi connectivity index (χ2n) is 5.71. The number of benzene rings is 2. The first kappa shape index (κ1) is 19.4. The van der Waals surface area contributed by atoms with Crippen molar-refractivity contribution >= 4 is 12.6 Å². The van der Waals surface area contributed by atoms with E-state index in [0.717, 1.165) is 24.1 Å². The number of hydrogen-bond donors (Lipinski definition) is 0. The largest absolute Gasteiger partial charge is 0.491 e. The van der Waals surface area contributed by atoms with E-state index >= 15 is 0 Å². The van der Waals surface area contributed by atoms with E-state index in [2.05, 4.69) is 0 Å². The van der Waals surface area contributed by atoms with Gasteiger partial charge in [0.15, 0.2) is 0 Å². The van der Waals surface area contributed by atoms with Crippen molar-refractivity contribution in [2.24, 2.45) is 0 Å². The summed E-state index contributed by atoms with van der Waals surface area (Å²) in [5.41, 5.74) is 1.29. The van der Waals surface area contributed by atoms with Crippen molar-refractivity contribution in [2.75, 3.05) is 0 Å². The van der Waals surface area contributed by atoms with Gasteiger partial charge in [-0.15, -0.1) is 0 Å². The fourth-order valence-corrected chi connectivity index (χ4v) is 1.87. The van der Waals surface area contributed by atoms with Gasteiger partial charge in [0.2, 0.25) is 0 Å². The molecule has 0 fully saturated rings. The Morgan fingerprint density at radius 3 is 1.38 bits per heavy atom. The van der Waals surface area contributed by atoms with Crippen molar-refractivity contribution in [3.8, 4) is 11.5 Å². The summed E-state index contributed by atoms with van der Waals surface area (Å²) < 4.78 is 10.8. The van der Waals surface area contributed by atoms with Crippen LogP contribution in [0, 0.1) is 0 Å². The van der Waals surface area contributed by atoms with E-state index in [4.69, 9.17) is 9.47 Å². The Balaban J connectivity index is 0.000000240. The van der Waals surface area contributed by atoms with Gasteiger partial charge < -0.3 is 9.47 Å². The molecule has 0 atom stereocenters. The Kier molecular flexibility index (Phi) is 8.26. The second-order valence-corrected chi connectivity index (χ2v) is 5.71. The first-order chi connectivity index (χ1) is 11.4. The third-order valence-electron chi connectivity index (χ3n) is 2.73. The Morgan fingerprint density at radius 2 is 1.08 bits per heavy atom. The Morgan fingerprint density at radius 1 is 0.708 bits per heavy atom. The fraction of sp³-hybridized carbons (Fsp3) is 0.300. The average molecular weight is 328 g/mol. The van der Waals surface area contributed by atoms with Gasteiger partial charge in [0, 0.05) is 11.1 Å². The summed E-state index contributed by atoms with van der Waals surface area (Å²) in [6.07, 6.45) is 1.92. The van der Waals surface area contributed by atoms with Crippen molar-refractivity contribution in [3.05, 3.63) is 59.7 Å². The summed E-state index contributed by atoms with van der Waals surface area (Å²) in [4.78, 5) is 20.8. The molecular weight excluding hydrogens is 304 g/mol. The Bertz CT molecular complexity index is 590. The van der Waals surface area contributed by atoms with Crippen molar-refractivity contribution in [1.82, 2.24) is 0 Å². The minimum absolute atomic E-state index is 0.145. The van der Waals surface area contributed by atoms with Crippen molar-refractivity contribution < 1.29 is 19.1 Å². The molecule has 0 bridgehead atoms. The van der Waals surface area contributed by atoms with E-state index < -0.39 is 0 Å². The van der Waals surface area contributed by atoms with Crippen LogP contribution in [-0.2, 0) is 0 Å². The maximum Gasteiger partial charge on any atom is 0.150 e. The normalized spacial score (nSPS) is 9.92. The minimum Gasteiger partial charge on any atom is -0.491 e. The highest BCUT2D eigenvalue weighted by Gasteiger charge is 1.98. The third kappa shape index (κ3) is 7.58. The van der Waals surface area contributed by atoms with Gasteiger partial charge in [-0.05, 0) is 52.0 Å². The molecule has 4 nitrogen and oxygen atoms in total. The van der Waals surface area contributed by atoms with Gasteiger partial charge in [-0.1, -0.05) is 24.3 Å². The molecule has 2 aromatic carbocycles. The van der Waals surface area contributed by atoms with Crippen LogP contribution in [0.25, 0.3) is 0 Å². The standard InChI is InChI=1S/2C10H12O2/c2*1-8(2)12-10-5-3-4-9(6-10)7-11/h2*3-8H,1-2H3. The lowest BCUT2D eigenvalue weighted by Crippen LogP contribution is -2.05. The molecule has 0 spiro atoms. The van der Waals surface area contributed by atoms with E-state index in [1.54, 1.807) is 36.4 Å². The molecule has 2 aromatic rings. The van der Waals surface area contributed by atoms with E-state index in [1.165, 1.54) is 0 Å². The predicted octanol–water partition coefficient (Wildman–Crippen LogP) is 4.57. The van der Waals surface area contributed by atoms with Gasteiger partial charge in [-0.25, -0.2) is 0 Å². The predicted molar refractivity (Wildman–Crippen MR) is 95.2 cm³/mol. The molecule has 4 heteroatoms. The third-order valence-corrected chi connectivity index (χ3v) is 2.73. The van der Waals surface area contributed by atoms with Gasteiger partial charge in [0.25, 0.3) is 0 Å². The number of rotatable bonds is 6. The van der Waals surface area contributed by atoms with Crippen LogP contribution < -0.4 is 9.47 Å². The van der Waals surface area contributed by atoms with Gasteiger partial charge in [-0.2, -0.15) is 0 Å². The number of ether oxygens (including phenoxy) is 2. The zero-order chi connectivity index (χ0) is 17.9. The summed E-state index contributed by atoms with van der Waals surface area (Å²) in [7, 11) is 0.